The van der Waals surface area contributed by atoms with E-state index in [2.05, 4.69) is 5.32 Å². The fourth-order valence-electron chi connectivity index (χ4n) is 3.51. The Balaban J connectivity index is 1.95. The number of aryl methyl sites for hydroxylation is 2. The lowest BCUT2D eigenvalue weighted by Gasteiger charge is -2.23. The van der Waals surface area contributed by atoms with Crippen LogP contribution < -0.4 is 10.1 Å². The highest BCUT2D eigenvalue weighted by Crippen LogP contribution is 2.40. The van der Waals surface area contributed by atoms with Crippen molar-refractivity contribution >= 4 is 10.0 Å². The minimum Gasteiger partial charge on any atom is -0.495 e. The Kier molecular flexibility index (Phi) is 3.95. The molecule has 2 aliphatic heterocycles. The van der Waals surface area contributed by atoms with E-state index >= 15 is 0 Å². The quantitative estimate of drug-likeness (QED) is 0.919. The lowest BCUT2D eigenvalue weighted by Crippen LogP contribution is -2.33. The lowest BCUT2D eigenvalue weighted by molar-refractivity contribution is 0.337. The number of nitrogens with zero attached hydrogens (tertiary/aromatic N) is 1. The number of sulfonamides is 1. The minimum atomic E-state index is -3.50. The number of hydrogen-bond donors (Lipinski definition) is 1. The molecule has 0 aromatic heterocycles. The largest absolute Gasteiger partial charge is 0.495 e. The second kappa shape index (κ2) is 5.51. The Morgan fingerprint density at radius 2 is 1.95 bits per heavy atom. The molecule has 1 atom stereocenters. The van der Waals surface area contributed by atoms with Gasteiger partial charge in [0.2, 0.25) is 10.0 Å². The number of hydrogen-bond acceptors (Lipinski definition) is 4. The topological polar surface area (TPSA) is 58.6 Å². The second-order valence-corrected chi connectivity index (χ2v) is 8.51. The Bertz CT molecular complexity index is 679. The first-order chi connectivity index (χ1) is 10.4. The first-order valence-electron chi connectivity index (χ1n) is 7.74. The van der Waals surface area contributed by atoms with Crippen molar-refractivity contribution in [3.05, 3.63) is 23.3 Å². The van der Waals surface area contributed by atoms with Gasteiger partial charge in [-0.15, -0.1) is 0 Å². The van der Waals surface area contributed by atoms with E-state index in [4.69, 9.17) is 4.74 Å². The monoisotopic (exact) mass is 324 g/mol. The fraction of sp³-hybridized carbons (Fsp3) is 0.625. The maximum atomic E-state index is 13.0. The number of methoxy groups -OCH3 is 1. The molecule has 2 heterocycles. The van der Waals surface area contributed by atoms with Crippen molar-refractivity contribution in [2.45, 2.75) is 31.6 Å². The Labute approximate surface area is 132 Å². The molecule has 1 unspecified atom stereocenters. The molecule has 5 nitrogen and oxygen atoms in total. The fourth-order valence-corrected chi connectivity index (χ4v) is 5.28. The molecule has 0 bridgehead atoms. The number of nitrogens with one attached hydrogen (secondary N) is 1. The standard InChI is InChI=1S/C16H24N2O3S/c1-12-8-14(21-3)15(9-13(12)2)22(19,20)18-7-5-16(11-18)4-6-17-10-16/h8-9,17H,4-7,10-11H2,1-3H3. The molecule has 0 saturated carbocycles. The van der Waals surface area contributed by atoms with Crippen LogP contribution in [0.4, 0.5) is 0 Å². The molecule has 0 radical (unpaired) electrons. The van der Waals surface area contributed by atoms with Gasteiger partial charge in [0, 0.05) is 19.6 Å². The number of benzene rings is 1. The molecule has 2 fully saturated rings. The Morgan fingerprint density at radius 3 is 2.59 bits per heavy atom. The average molecular weight is 324 g/mol. The van der Waals surface area contributed by atoms with E-state index in [9.17, 15) is 8.42 Å². The van der Waals surface area contributed by atoms with E-state index in [0.29, 0.717) is 23.7 Å². The minimum absolute atomic E-state index is 0.125. The summed E-state index contributed by atoms with van der Waals surface area (Å²) in [4.78, 5) is 0.293. The van der Waals surface area contributed by atoms with Crippen molar-refractivity contribution in [2.24, 2.45) is 5.41 Å². The SMILES string of the molecule is COc1cc(C)c(C)cc1S(=O)(=O)N1CCC2(CCNC2)C1. The predicted molar refractivity (Wildman–Crippen MR) is 85.8 cm³/mol. The third-order valence-corrected chi connectivity index (χ3v) is 7.00. The van der Waals surface area contributed by atoms with Crippen molar-refractivity contribution < 1.29 is 13.2 Å². The zero-order valence-corrected chi connectivity index (χ0v) is 14.3. The summed E-state index contributed by atoms with van der Waals surface area (Å²) in [5.74, 6) is 0.439. The molecule has 0 amide bonds. The first-order valence-corrected chi connectivity index (χ1v) is 9.18. The molecule has 1 aromatic carbocycles. The Morgan fingerprint density at radius 1 is 1.23 bits per heavy atom. The third kappa shape index (κ3) is 2.53. The summed E-state index contributed by atoms with van der Waals surface area (Å²) in [5.41, 5.74) is 2.13. The molecule has 22 heavy (non-hydrogen) atoms. The van der Waals surface area contributed by atoms with Gasteiger partial charge in [-0.3, -0.25) is 0 Å². The van der Waals surface area contributed by atoms with Crippen LogP contribution in [0.3, 0.4) is 0 Å². The van der Waals surface area contributed by atoms with Crippen LogP contribution in [-0.2, 0) is 10.0 Å². The van der Waals surface area contributed by atoms with Gasteiger partial charge < -0.3 is 10.1 Å². The predicted octanol–water partition coefficient (Wildman–Crippen LogP) is 1.69. The molecule has 1 spiro atoms. The van der Waals surface area contributed by atoms with Crippen LogP contribution >= 0.6 is 0 Å². The van der Waals surface area contributed by atoms with E-state index in [1.54, 1.807) is 10.4 Å². The molecule has 0 aliphatic carbocycles. The molecule has 1 aromatic rings. The van der Waals surface area contributed by atoms with Crippen LogP contribution in [-0.4, -0.2) is 46.0 Å². The van der Waals surface area contributed by atoms with Crippen molar-refractivity contribution in [1.82, 2.24) is 9.62 Å². The molecular weight excluding hydrogens is 300 g/mol. The molecular formula is C16H24N2O3S. The van der Waals surface area contributed by atoms with Gasteiger partial charge in [0.1, 0.15) is 10.6 Å². The van der Waals surface area contributed by atoms with Crippen LogP contribution in [0, 0.1) is 19.3 Å². The van der Waals surface area contributed by atoms with Gasteiger partial charge in [0.25, 0.3) is 0 Å². The molecule has 122 valence electrons. The highest BCUT2D eigenvalue weighted by Gasteiger charge is 2.45. The summed E-state index contributed by atoms with van der Waals surface area (Å²) in [5, 5.41) is 3.36. The lowest BCUT2D eigenvalue weighted by atomic mass is 9.87. The van der Waals surface area contributed by atoms with Crippen LogP contribution in [0.25, 0.3) is 0 Å². The third-order valence-electron chi connectivity index (χ3n) is 5.13. The number of rotatable bonds is 3. The van der Waals surface area contributed by atoms with Gasteiger partial charge in [0.15, 0.2) is 0 Å². The van der Waals surface area contributed by atoms with Crippen LogP contribution in [0.2, 0.25) is 0 Å². The smallest absolute Gasteiger partial charge is 0.246 e. The molecule has 1 N–H and O–H groups in total. The average Bonchev–Trinajstić information content (AvgIpc) is 3.12. The van der Waals surface area contributed by atoms with Crippen molar-refractivity contribution in [3.63, 3.8) is 0 Å². The maximum Gasteiger partial charge on any atom is 0.246 e. The summed E-state index contributed by atoms with van der Waals surface area (Å²) in [7, 11) is -1.98. The maximum absolute atomic E-state index is 13.0. The van der Waals surface area contributed by atoms with E-state index in [-0.39, 0.29) is 5.41 Å². The normalized spacial score (nSPS) is 26.0. The van der Waals surface area contributed by atoms with Crippen molar-refractivity contribution in [3.8, 4) is 5.75 Å². The first kappa shape index (κ1) is 15.8. The summed E-state index contributed by atoms with van der Waals surface area (Å²) in [6, 6.07) is 3.55. The van der Waals surface area contributed by atoms with Crippen molar-refractivity contribution in [1.29, 1.82) is 0 Å². The zero-order chi connectivity index (χ0) is 16.0. The molecule has 6 heteroatoms. The summed E-state index contributed by atoms with van der Waals surface area (Å²) < 4.78 is 33.0. The van der Waals surface area contributed by atoms with Gasteiger partial charge in [0.05, 0.1) is 7.11 Å². The highest BCUT2D eigenvalue weighted by molar-refractivity contribution is 7.89. The molecule has 2 saturated heterocycles. The van der Waals surface area contributed by atoms with Crippen molar-refractivity contribution in [2.75, 3.05) is 33.3 Å². The van der Waals surface area contributed by atoms with Crippen LogP contribution in [0.15, 0.2) is 17.0 Å². The van der Waals surface area contributed by atoms with Gasteiger partial charge >= 0.3 is 0 Å². The van der Waals surface area contributed by atoms with Gasteiger partial charge in [-0.05, 0) is 61.9 Å². The van der Waals surface area contributed by atoms with Crippen LogP contribution in [0.5, 0.6) is 5.75 Å². The van der Waals surface area contributed by atoms with E-state index in [1.807, 2.05) is 19.9 Å². The van der Waals surface area contributed by atoms with E-state index < -0.39 is 10.0 Å². The highest BCUT2D eigenvalue weighted by atomic mass is 32.2. The molecule has 2 aliphatic rings. The van der Waals surface area contributed by atoms with E-state index in [0.717, 1.165) is 37.1 Å². The summed E-state index contributed by atoms with van der Waals surface area (Å²) in [6.07, 6.45) is 2.00. The Hall–Kier alpha value is -1.11. The van der Waals surface area contributed by atoms with Gasteiger partial charge in [-0.25, -0.2) is 8.42 Å². The zero-order valence-electron chi connectivity index (χ0n) is 13.5. The van der Waals surface area contributed by atoms with Gasteiger partial charge in [-0.1, -0.05) is 0 Å². The van der Waals surface area contributed by atoms with Crippen LogP contribution in [0.1, 0.15) is 24.0 Å². The molecule has 3 rings (SSSR count). The second-order valence-electron chi connectivity index (χ2n) is 6.60. The van der Waals surface area contributed by atoms with Gasteiger partial charge in [-0.2, -0.15) is 4.31 Å². The van der Waals surface area contributed by atoms with E-state index in [1.165, 1.54) is 7.11 Å². The summed E-state index contributed by atoms with van der Waals surface area (Å²) in [6.45, 7) is 7.01. The number of ether oxygens (including phenoxy) is 1. The summed E-state index contributed by atoms with van der Waals surface area (Å²) >= 11 is 0.